The van der Waals surface area contributed by atoms with Crippen molar-refractivity contribution in [3.05, 3.63) is 97.7 Å². The molecular weight excluding hydrogens is 288 g/mol. The Balaban J connectivity index is 3.62. The maximum Gasteiger partial charge on any atom is -0.0348 e. The highest BCUT2D eigenvalue weighted by Gasteiger charge is 1.87. The fourth-order valence-electron chi connectivity index (χ4n) is 1.99. The molecule has 129 valence electrons. The number of hydrogen-bond acceptors (Lipinski definition) is 0. The molecular formula is C24H33. The maximum absolute atomic E-state index is 5.22. The molecule has 0 spiro atoms. The van der Waals surface area contributed by atoms with Gasteiger partial charge in [-0.2, -0.15) is 0 Å². The Kier molecular flexibility index (Phi) is 19.1. The monoisotopic (exact) mass is 321 g/mol. The summed E-state index contributed by atoms with van der Waals surface area (Å²) in [7, 11) is 0. The maximum atomic E-state index is 5.22. The van der Waals surface area contributed by atoms with Gasteiger partial charge in [0.05, 0.1) is 0 Å². The molecule has 0 atom stereocenters. The van der Waals surface area contributed by atoms with Crippen LogP contribution in [0.4, 0.5) is 0 Å². The number of allylic oxidation sites excluding steroid dienone is 15. The Morgan fingerprint density at radius 1 is 0.500 bits per heavy atom. The third-order valence-electron chi connectivity index (χ3n) is 3.30. The summed E-state index contributed by atoms with van der Waals surface area (Å²) in [5, 5.41) is 0. The largest absolute Gasteiger partial charge is 0.0845 e. The third kappa shape index (κ3) is 19.9. The number of rotatable bonds is 14. The number of unbranched alkanes of at least 4 members (excludes halogenated alkanes) is 6. The molecule has 0 amide bonds. The SMILES string of the molecule is [CH]=C/C=C/C=C/C=C/C=C/C=C/C=C/C=C/CCCCCCCC. The molecule has 0 saturated heterocycles. The first-order valence-electron chi connectivity index (χ1n) is 9.12. The van der Waals surface area contributed by atoms with E-state index in [9.17, 15) is 0 Å². The minimum atomic E-state index is 1.19. The molecule has 0 rings (SSSR count). The van der Waals surface area contributed by atoms with E-state index in [0.717, 1.165) is 0 Å². The van der Waals surface area contributed by atoms with Crippen LogP contribution in [0, 0.1) is 6.58 Å². The quantitative estimate of drug-likeness (QED) is 0.228. The Morgan fingerprint density at radius 2 is 0.917 bits per heavy atom. The predicted octanol–water partition coefficient (Wildman–Crippen LogP) is 7.62. The lowest BCUT2D eigenvalue weighted by Gasteiger charge is -1.97. The smallest absolute Gasteiger partial charge is 0.0348 e. The Hall–Kier alpha value is -2.08. The molecule has 0 heterocycles. The fraction of sp³-hybridized carbons (Fsp3) is 0.333. The molecule has 0 aromatic carbocycles. The molecule has 0 aliphatic rings. The highest BCUT2D eigenvalue weighted by molar-refractivity contribution is 5.20. The van der Waals surface area contributed by atoms with Crippen LogP contribution in [0.5, 0.6) is 0 Å². The molecule has 0 unspecified atom stereocenters. The molecule has 0 aliphatic heterocycles. The molecule has 0 aromatic rings. The Morgan fingerprint density at radius 3 is 1.42 bits per heavy atom. The normalized spacial score (nSPS) is 13.4. The van der Waals surface area contributed by atoms with Crippen LogP contribution < -0.4 is 0 Å². The van der Waals surface area contributed by atoms with Gasteiger partial charge in [0.15, 0.2) is 0 Å². The van der Waals surface area contributed by atoms with Crippen LogP contribution in [0.1, 0.15) is 51.9 Å². The Bertz CT molecular complexity index is 464. The average Bonchev–Trinajstić information content (AvgIpc) is 2.60. The summed E-state index contributed by atoms with van der Waals surface area (Å²) in [4.78, 5) is 0. The molecule has 0 saturated carbocycles. The van der Waals surface area contributed by atoms with Gasteiger partial charge in [-0.25, -0.2) is 0 Å². The molecule has 0 fully saturated rings. The highest BCUT2D eigenvalue weighted by Crippen LogP contribution is 2.07. The molecule has 0 aromatic heterocycles. The third-order valence-corrected chi connectivity index (χ3v) is 3.30. The first kappa shape index (κ1) is 21.9. The average molecular weight is 322 g/mol. The van der Waals surface area contributed by atoms with Crippen LogP contribution in [-0.2, 0) is 0 Å². The first-order valence-corrected chi connectivity index (χ1v) is 9.12. The Labute approximate surface area is 150 Å². The van der Waals surface area contributed by atoms with Gasteiger partial charge in [-0.05, 0) is 12.8 Å². The first-order chi connectivity index (χ1) is 11.9. The van der Waals surface area contributed by atoms with Gasteiger partial charge in [0.2, 0.25) is 0 Å². The second-order valence-corrected chi connectivity index (χ2v) is 5.49. The van der Waals surface area contributed by atoms with E-state index in [1.54, 1.807) is 6.08 Å². The van der Waals surface area contributed by atoms with Crippen molar-refractivity contribution in [1.29, 1.82) is 0 Å². The van der Waals surface area contributed by atoms with Crippen LogP contribution in [0.3, 0.4) is 0 Å². The van der Waals surface area contributed by atoms with E-state index < -0.39 is 0 Å². The van der Waals surface area contributed by atoms with E-state index in [4.69, 9.17) is 6.58 Å². The molecule has 0 N–H and O–H groups in total. The van der Waals surface area contributed by atoms with Crippen molar-refractivity contribution in [2.24, 2.45) is 0 Å². The molecule has 0 bridgehead atoms. The van der Waals surface area contributed by atoms with Crippen molar-refractivity contribution in [1.82, 2.24) is 0 Å². The molecule has 0 nitrogen and oxygen atoms in total. The van der Waals surface area contributed by atoms with Crippen LogP contribution in [0.2, 0.25) is 0 Å². The summed E-state index contributed by atoms with van der Waals surface area (Å²) < 4.78 is 0. The molecule has 0 aliphatic carbocycles. The fourth-order valence-corrected chi connectivity index (χ4v) is 1.99. The van der Waals surface area contributed by atoms with Crippen LogP contribution in [-0.4, -0.2) is 0 Å². The number of hydrogen-bond donors (Lipinski definition) is 0. The standard InChI is InChI=1S/C24H33/c1-3-5-7-9-11-13-15-17-19-21-23-24-22-20-18-16-14-12-10-8-6-4-2/h1,3,5,7,9,11,13,15,17-24H,4,6,8,10,12,14,16H2,2H3/b3-1?,7-5+,11-9+,15-13+,19-17+,20-18+,23-21+,24-22+. The van der Waals surface area contributed by atoms with Gasteiger partial charge in [0.1, 0.15) is 0 Å². The lowest BCUT2D eigenvalue weighted by Crippen LogP contribution is -1.77. The van der Waals surface area contributed by atoms with Crippen LogP contribution in [0.15, 0.2) is 91.1 Å². The highest BCUT2D eigenvalue weighted by atomic mass is 13.9. The van der Waals surface area contributed by atoms with E-state index in [1.165, 1.54) is 51.0 Å². The van der Waals surface area contributed by atoms with E-state index in [0.29, 0.717) is 0 Å². The van der Waals surface area contributed by atoms with E-state index >= 15 is 0 Å². The van der Waals surface area contributed by atoms with Gasteiger partial charge in [-0.15, -0.1) is 0 Å². The zero-order valence-corrected chi connectivity index (χ0v) is 15.2. The van der Waals surface area contributed by atoms with Crippen LogP contribution in [0.25, 0.3) is 0 Å². The van der Waals surface area contributed by atoms with Gasteiger partial charge < -0.3 is 0 Å². The van der Waals surface area contributed by atoms with E-state index in [1.807, 2.05) is 54.7 Å². The van der Waals surface area contributed by atoms with E-state index in [-0.39, 0.29) is 0 Å². The van der Waals surface area contributed by atoms with Crippen molar-refractivity contribution in [3.63, 3.8) is 0 Å². The van der Waals surface area contributed by atoms with Gasteiger partial charge >= 0.3 is 0 Å². The summed E-state index contributed by atoms with van der Waals surface area (Å²) in [6, 6.07) is 0. The van der Waals surface area contributed by atoms with Gasteiger partial charge in [-0.3, -0.25) is 0 Å². The lowest BCUT2D eigenvalue weighted by molar-refractivity contribution is 0.611. The summed E-state index contributed by atoms with van der Waals surface area (Å²) >= 11 is 0. The minimum Gasteiger partial charge on any atom is -0.0845 e. The topological polar surface area (TPSA) is 0 Å². The molecule has 24 heavy (non-hydrogen) atoms. The summed E-state index contributed by atoms with van der Waals surface area (Å²) in [5.74, 6) is 0. The minimum absolute atomic E-state index is 1.19. The lowest BCUT2D eigenvalue weighted by atomic mass is 10.1. The van der Waals surface area contributed by atoms with E-state index in [2.05, 4.69) is 31.2 Å². The molecule has 1 radical (unpaired) electrons. The van der Waals surface area contributed by atoms with Crippen molar-refractivity contribution >= 4 is 0 Å². The van der Waals surface area contributed by atoms with Crippen molar-refractivity contribution in [3.8, 4) is 0 Å². The van der Waals surface area contributed by atoms with Crippen molar-refractivity contribution in [2.45, 2.75) is 51.9 Å². The zero-order valence-electron chi connectivity index (χ0n) is 15.2. The summed E-state index contributed by atoms with van der Waals surface area (Å²) in [6.07, 6.45) is 39.0. The van der Waals surface area contributed by atoms with Crippen LogP contribution >= 0.6 is 0 Å². The predicted molar refractivity (Wildman–Crippen MR) is 111 cm³/mol. The second-order valence-electron chi connectivity index (χ2n) is 5.49. The van der Waals surface area contributed by atoms with Gasteiger partial charge in [0, 0.05) is 0 Å². The molecule has 0 heteroatoms. The van der Waals surface area contributed by atoms with Crippen molar-refractivity contribution in [2.75, 3.05) is 0 Å². The zero-order chi connectivity index (χ0) is 17.6. The second kappa shape index (κ2) is 20.9. The van der Waals surface area contributed by atoms with Gasteiger partial charge in [-0.1, -0.05) is 137 Å². The summed E-state index contributed by atoms with van der Waals surface area (Å²) in [5.41, 5.74) is 0. The van der Waals surface area contributed by atoms with Crippen molar-refractivity contribution < 1.29 is 0 Å². The van der Waals surface area contributed by atoms with Gasteiger partial charge in [0.25, 0.3) is 0 Å². The summed E-state index contributed by atoms with van der Waals surface area (Å²) in [6.45, 7) is 7.48.